The summed E-state index contributed by atoms with van der Waals surface area (Å²) < 4.78 is 5.47. The molecule has 0 aliphatic carbocycles. The molecule has 3 aromatic heterocycles. The van der Waals surface area contributed by atoms with E-state index in [-0.39, 0.29) is 11.8 Å². The van der Waals surface area contributed by atoms with E-state index in [0.29, 0.717) is 11.7 Å². The molecule has 3 heterocycles. The highest BCUT2D eigenvalue weighted by Crippen LogP contribution is 2.31. The average molecular weight is 313 g/mol. The van der Waals surface area contributed by atoms with Crippen molar-refractivity contribution in [3.05, 3.63) is 30.4 Å². The summed E-state index contributed by atoms with van der Waals surface area (Å²) in [4.78, 5) is 23.4. The van der Waals surface area contributed by atoms with E-state index in [1.807, 2.05) is 39.1 Å². The van der Waals surface area contributed by atoms with Crippen molar-refractivity contribution in [2.45, 2.75) is 33.2 Å². The number of hydrogen-bond donors (Lipinski definition) is 2. The minimum atomic E-state index is -0.721. The zero-order valence-corrected chi connectivity index (χ0v) is 13.5. The maximum atomic E-state index is 11.5. The molecule has 1 atom stereocenters. The highest BCUT2D eigenvalue weighted by atomic mass is 16.5. The molecular formula is C16H19N5O2. The SMILES string of the molecule is CC(=O)NC(C)(c1nc(-c2ccnc3[nH]ccc23)no1)C(C)C. The van der Waals surface area contributed by atoms with Gasteiger partial charge in [0.05, 0.1) is 0 Å². The monoisotopic (exact) mass is 313 g/mol. The van der Waals surface area contributed by atoms with Crippen molar-refractivity contribution in [1.82, 2.24) is 25.4 Å². The molecule has 0 bridgehead atoms. The van der Waals surface area contributed by atoms with Gasteiger partial charge >= 0.3 is 0 Å². The number of amides is 1. The number of nitrogens with zero attached hydrogens (tertiary/aromatic N) is 3. The zero-order valence-electron chi connectivity index (χ0n) is 13.5. The van der Waals surface area contributed by atoms with Crippen LogP contribution in [0.1, 0.15) is 33.6 Å². The first kappa shape index (κ1) is 15.2. The Hall–Kier alpha value is -2.70. The topological polar surface area (TPSA) is 96.7 Å². The Bertz CT molecular complexity index is 851. The predicted octanol–water partition coefficient (Wildman–Crippen LogP) is 2.62. The maximum Gasteiger partial charge on any atom is 0.252 e. The van der Waals surface area contributed by atoms with E-state index in [9.17, 15) is 4.79 Å². The summed E-state index contributed by atoms with van der Waals surface area (Å²) in [5.41, 5.74) is 0.879. The van der Waals surface area contributed by atoms with Crippen LogP contribution >= 0.6 is 0 Å². The van der Waals surface area contributed by atoms with Gasteiger partial charge in [-0.25, -0.2) is 4.98 Å². The number of aromatic nitrogens is 4. The molecule has 0 aliphatic heterocycles. The van der Waals surface area contributed by atoms with Gasteiger partial charge in [0.15, 0.2) is 0 Å². The molecule has 0 saturated carbocycles. The molecule has 7 nitrogen and oxygen atoms in total. The molecule has 0 radical (unpaired) electrons. The number of pyridine rings is 1. The van der Waals surface area contributed by atoms with Crippen molar-refractivity contribution in [2.24, 2.45) is 5.92 Å². The molecule has 0 saturated heterocycles. The summed E-state index contributed by atoms with van der Waals surface area (Å²) >= 11 is 0. The smallest absolute Gasteiger partial charge is 0.252 e. The molecule has 0 aromatic carbocycles. The van der Waals surface area contributed by atoms with Crippen LogP contribution in [0.3, 0.4) is 0 Å². The number of nitrogens with one attached hydrogen (secondary N) is 2. The molecule has 7 heteroatoms. The summed E-state index contributed by atoms with van der Waals surface area (Å²) in [5, 5.41) is 7.93. The summed E-state index contributed by atoms with van der Waals surface area (Å²) in [5.74, 6) is 0.810. The third kappa shape index (κ3) is 2.58. The first-order valence-electron chi connectivity index (χ1n) is 7.47. The number of aromatic amines is 1. The first-order valence-corrected chi connectivity index (χ1v) is 7.47. The van der Waals surface area contributed by atoms with E-state index in [1.54, 1.807) is 6.20 Å². The molecule has 3 rings (SSSR count). The molecular weight excluding hydrogens is 294 g/mol. The fourth-order valence-corrected chi connectivity index (χ4v) is 2.51. The standard InChI is InChI=1S/C16H19N5O2/c1-9(2)16(4,20-10(3)22)15-19-14(21-23-15)12-6-8-18-13-11(12)5-7-17-13/h5-9H,1-4H3,(H,17,18)(H,20,22). The lowest BCUT2D eigenvalue weighted by Crippen LogP contribution is -2.46. The average Bonchev–Trinajstić information content (AvgIpc) is 3.15. The minimum absolute atomic E-state index is 0.0874. The van der Waals surface area contributed by atoms with Crippen molar-refractivity contribution >= 4 is 16.9 Å². The van der Waals surface area contributed by atoms with Gasteiger partial charge in [0.1, 0.15) is 11.2 Å². The molecule has 0 aliphatic rings. The van der Waals surface area contributed by atoms with Gasteiger partial charge < -0.3 is 14.8 Å². The molecule has 0 spiro atoms. The van der Waals surface area contributed by atoms with Crippen LogP contribution in [0.4, 0.5) is 0 Å². The van der Waals surface area contributed by atoms with Crippen LogP contribution in [0, 0.1) is 5.92 Å². The number of carbonyl (C=O) groups is 1. The van der Waals surface area contributed by atoms with Gasteiger partial charge in [-0.1, -0.05) is 19.0 Å². The van der Waals surface area contributed by atoms with Crippen LogP contribution in [0.15, 0.2) is 29.0 Å². The summed E-state index contributed by atoms with van der Waals surface area (Å²) in [6, 6.07) is 3.76. The third-order valence-electron chi connectivity index (χ3n) is 4.16. The summed E-state index contributed by atoms with van der Waals surface area (Å²) in [7, 11) is 0. The van der Waals surface area contributed by atoms with Crippen LogP contribution in [0.25, 0.3) is 22.4 Å². The summed E-state index contributed by atoms with van der Waals surface area (Å²) in [6.45, 7) is 7.35. The first-order chi connectivity index (χ1) is 10.9. The van der Waals surface area contributed by atoms with E-state index < -0.39 is 5.54 Å². The van der Waals surface area contributed by atoms with Crippen molar-refractivity contribution < 1.29 is 9.32 Å². The second kappa shape index (κ2) is 5.49. The predicted molar refractivity (Wildman–Crippen MR) is 85.4 cm³/mol. The molecule has 2 N–H and O–H groups in total. The molecule has 1 unspecified atom stereocenters. The Balaban J connectivity index is 2.06. The quantitative estimate of drug-likeness (QED) is 0.771. The lowest BCUT2D eigenvalue weighted by molar-refractivity contribution is -0.121. The molecule has 0 fully saturated rings. The fraction of sp³-hybridized carbons (Fsp3) is 0.375. The Morgan fingerprint density at radius 2 is 2.17 bits per heavy atom. The van der Waals surface area contributed by atoms with Crippen LogP contribution in [-0.2, 0) is 10.3 Å². The van der Waals surface area contributed by atoms with Gasteiger partial charge in [-0.3, -0.25) is 4.79 Å². The maximum absolute atomic E-state index is 11.5. The highest BCUT2D eigenvalue weighted by Gasteiger charge is 2.37. The van der Waals surface area contributed by atoms with Gasteiger partial charge in [-0.05, 0) is 25.0 Å². The Morgan fingerprint density at radius 1 is 1.39 bits per heavy atom. The largest absolute Gasteiger partial charge is 0.346 e. The van der Waals surface area contributed by atoms with Gasteiger partial charge in [0, 0.05) is 30.3 Å². The Kier molecular flexibility index (Phi) is 3.63. The molecule has 23 heavy (non-hydrogen) atoms. The lowest BCUT2D eigenvalue weighted by Gasteiger charge is -2.30. The number of hydrogen-bond acceptors (Lipinski definition) is 5. The molecule has 120 valence electrons. The third-order valence-corrected chi connectivity index (χ3v) is 4.16. The van der Waals surface area contributed by atoms with E-state index in [0.717, 1.165) is 16.6 Å². The van der Waals surface area contributed by atoms with E-state index in [4.69, 9.17) is 4.52 Å². The zero-order chi connectivity index (χ0) is 16.6. The van der Waals surface area contributed by atoms with Gasteiger partial charge in [0.2, 0.25) is 11.7 Å². The van der Waals surface area contributed by atoms with Crippen molar-refractivity contribution in [1.29, 1.82) is 0 Å². The number of carbonyl (C=O) groups excluding carboxylic acids is 1. The fourth-order valence-electron chi connectivity index (χ4n) is 2.51. The lowest BCUT2D eigenvalue weighted by atomic mass is 9.88. The van der Waals surface area contributed by atoms with E-state index >= 15 is 0 Å². The van der Waals surface area contributed by atoms with E-state index in [1.165, 1.54) is 6.92 Å². The van der Waals surface area contributed by atoms with Gasteiger partial charge in [-0.2, -0.15) is 4.98 Å². The number of rotatable bonds is 4. The molecule has 3 aromatic rings. The normalized spacial score (nSPS) is 14.1. The highest BCUT2D eigenvalue weighted by molar-refractivity contribution is 5.90. The van der Waals surface area contributed by atoms with Crippen LogP contribution in [-0.4, -0.2) is 26.0 Å². The van der Waals surface area contributed by atoms with Crippen molar-refractivity contribution in [3.63, 3.8) is 0 Å². The van der Waals surface area contributed by atoms with Gasteiger partial charge in [-0.15, -0.1) is 0 Å². The Labute approximate surface area is 133 Å². The Morgan fingerprint density at radius 3 is 2.87 bits per heavy atom. The van der Waals surface area contributed by atoms with E-state index in [2.05, 4.69) is 25.4 Å². The van der Waals surface area contributed by atoms with Crippen LogP contribution in [0.5, 0.6) is 0 Å². The number of fused-ring (bicyclic) bond motifs is 1. The number of H-pyrrole nitrogens is 1. The van der Waals surface area contributed by atoms with Crippen LogP contribution in [0.2, 0.25) is 0 Å². The molecule has 1 amide bonds. The summed E-state index contributed by atoms with van der Waals surface area (Å²) in [6.07, 6.45) is 3.51. The second-order valence-corrected chi connectivity index (χ2v) is 6.06. The van der Waals surface area contributed by atoms with Gasteiger partial charge in [0.25, 0.3) is 5.89 Å². The second-order valence-electron chi connectivity index (χ2n) is 6.06. The van der Waals surface area contributed by atoms with Crippen molar-refractivity contribution in [2.75, 3.05) is 0 Å². The minimum Gasteiger partial charge on any atom is -0.346 e. The van der Waals surface area contributed by atoms with Crippen molar-refractivity contribution in [3.8, 4) is 11.4 Å². The van der Waals surface area contributed by atoms with Crippen LogP contribution < -0.4 is 5.32 Å².